The molecule has 1 heterocycles. The molecule has 1 aromatic carbocycles. The van der Waals surface area contributed by atoms with Gasteiger partial charge in [0.25, 0.3) is 0 Å². The van der Waals surface area contributed by atoms with Crippen LogP contribution in [0, 0.1) is 5.92 Å². The van der Waals surface area contributed by atoms with Crippen LogP contribution in [0.25, 0.3) is 0 Å². The number of alkyl halides is 2. The quantitative estimate of drug-likeness (QED) is 0.848. The number of hydrogen-bond acceptors (Lipinski definition) is 3. The summed E-state index contributed by atoms with van der Waals surface area (Å²) in [5.74, 6) is -0.0483. The third-order valence-electron chi connectivity index (χ3n) is 2.40. The number of hydrogen-bond donors (Lipinski definition) is 1. The van der Waals surface area contributed by atoms with E-state index in [1.807, 2.05) is 13.8 Å². The first kappa shape index (κ1) is 11.1. The standard InChI is InChI=1S/C11H12F2O3/c1-6(2)10(14)7-3-4-8-9(5-7)16-11(12,13)15-8/h3-6,10,14H,1-2H3. The molecule has 0 saturated heterocycles. The summed E-state index contributed by atoms with van der Waals surface area (Å²) >= 11 is 0. The van der Waals surface area contributed by atoms with E-state index in [4.69, 9.17) is 0 Å². The number of ether oxygens (including phenoxy) is 2. The second-order valence-corrected chi connectivity index (χ2v) is 4.06. The van der Waals surface area contributed by atoms with Gasteiger partial charge in [-0.05, 0) is 23.6 Å². The SMILES string of the molecule is CC(C)C(O)c1ccc2c(c1)OC(F)(F)O2. The lowest BCUT2D eigenvalue weighted by Gasteiger charge is -2.14. The highest BCUT2D eigenvalue weighted by atomic mass is 19.3. The molecule has 3 nitrogen and oxygen atoms in total. The molecule has 1 unspecified atom stereocenters. The van der Waals surface area contributed by atoms with Crippen LogP contribution in [0.2, 0.25) is 0 Å². The van der Waals surface area contributed by atoms with Crippen molar-refractivity contribution < 1.29 is 23.4 Å². The van der Waals surface area contributed by atoms with Gasteiger partial charge in [0.05, 0.1) is 6.10 Å². The van der Waals surface area contributed by atoms with Crippen LogP contribution in [0.1, 0.15) is 25.5 Å². The van der Waals surface area contributed by atoms with Crippen molar-refractivity contribution in [1.82, 2.24) is 0 Å². The Balaban J connectivity index is 2.29. The fourth-order valence-electron chi connectivity index (χ4n) is 1.53. The molecule has 0 saturated carbocycles. The van der Waals surface area contributed by atoms with E-state index in [1.54, 1.807) is 6.07 Å². The first-order valence-electron chi connectivity index (χ1n) is 4.97. The third kappa shape index (κ3) is 1.95. The smallest absolute Gasteiger partial charge is 0.395 e. The van der Waals surface area contributed by atoms with Gasteiger partial charge in [-0.1, -0.05) is 19.9 Å². The van der Waals surface area contributed by atoms with Crippen LogP contribution in [0.15, 0.2) is 18.2 Å². The molecule has 5 heteroatoms. The molecular weight excluding hydrogens is 218 g/mol. The van der Waals surface area contributed by atoms with Crippen LogP contribution < -0.4 is 9.47 Å². The molecule has 0 aromatic heterocycles. The third-order valence-corrected chi connectivity index (χ3v) is 2.40. The van der Waals surface area contributed by atoms with Gasteiger partial charge in [-0.15, -0.1) is 8.78 Å². The maximum absolute atomic E-state index is 12.7. The fourth-order valence-corrected chi connectivity index (χ4v) is 1.53. The van der Waals surface area contributed by atoms with Crippen molar-refractivity contribution in [1.29, 1.82) is 0 Å². The summed E-state index contributed by atoms with van der Waals surface area (Å²) in [6.45, 7) is 3.67. The lowest BCUT2D eigenvalue weighted by molar-refractivity contribution is -0.286. The molecule has 1 aliphatic heterocycles. The average molecular weight is 230 g/mol. The highest BCUT2D eigenvalue weighted by Gasteiger charge is 2.43. The second-order valence-electron chi connectivity index (χ2n) is 4.06. The monoisotopic (exact) mass is 230 g/mol. The van der Waals surface area contributed by atoms with Gasteiger partial charge < -0.3 is 14.6 Å². The minimum atomic E-state index is -3.61. The molecule has 0 aliphatic carbocycles. The van der Waals surface area contributed by atoms with E-state index in [-0.39, 0.29) is 17.4 Å². The summed E-state index contributed by atoms with van der Waals surface area (Å²) in [6, 6.07) is 4.30. The van der Waals surface area contributed by atoms with Crippen LogP contribution >= 0.6 is 0 Å². The summed E-state index contributed by atoms with van der Waals surface area (Å²) in [7, 11) is 0. The zero-order valence-corrected chi connectivity index (χ0v) is 8.91. The number of benzene rings is 1. The van der Waals surface area contributed by atoms with Gasteiger partial charge in [0.15, 0.2) is 11.5 Å². The maximum Gasteiger partial charge on any atom is 0.586 e. The van der Waals surface area contributed by atoms with Gasteiger partial charge in [0.1, 0.15) is 0 Å². The summed E-state index contributed by atoms with van der Waals surface area (Å²) < 4.78 is 34.0. The van der Waals surface area contributed by atoms with Crippen LogP contribution in [0.3, 0.4) is 0 Å². The minimum absolute atomic E-state index is 0.000816. The van der Waals surface area contributed by atoms with Crippen molar-refractivity contribution in [3.8, 4) is 11.5 Å². The summed E-state index contributed by atoms with van der Waals surface area (Å²) in [5, 5.41) is 9.78. The van der Waals surface area contributed by atoms with E-state index in [0.29, 0.717) is 5.56 Å². The molecule has 0 bridgehead atoms. The predicted octanol–water partition coefficient (Wildman–Crippen LogP) is 2.70. The average Bonchev–Trinajstić information content (AvgIpc) is 2.48. The number of aliphatic hydroxyl groups excluding tert-OH is 1. The fraction of sp³-hybridized carbons (Fsp3) is 0.455. The van der Waals surface area contributed by atoms with Crippen molar-refractivity contribution in [2.24, 2.45) is 5.92 Å². The largest absolute Gasteiger partial charge is 0.586 e. The molecule has 0 amide bonds. The molecule has 1 aromatic rings. The molecule has 0 spiro atoms. The van der Waals surface area contributed by atoms with Crippen molar-refractivity contribution in [2.75, 3.05) is 0 Å². The van der Waals surface area contributed by atoms with E-state index < -0.39 is 12.4 Å². The van der Waals surface area contributed by atoms with Gasteiger partial charge in [-0.2, -0.15) is 0 Å². The Morgan fingerprint density at radius 1 is 1.19 bits per heavy atom. The van der Waals surface area contributed by atoms with Gasteiger partial charge in [0, 0.05) is 0 Å². The highest BCUT2D eigenvalue weighted by Crippen LogP contribution is 2.42. The predicted molar refractivity (Wildman–Crippen MR) is 52.4 cm³/mol. The highest BCUT2D eigenvalue weighted by molar-refractivity contribution is 5.45. The summed E-state index contributed by atoms with van der Waals surface area (Å²) in [6.07, 6.45) is -4.31. The normalized spacial score (nSPS) is 18.9. The van der Waals surface area contributed by atoms with Crippen molar-refractivity contribution >= 4 is 0 Å². The first-order chi connectivity index (χ1) is 7.39. The molecule has 1 aliphatic rings. The Kier molecular flexibility index (Phi) is 2.50. The van der Waals surface area contributed by atoms with Crippen LogP contribution in [0.5, 0.6) is 11.5 Å². The zero-order chi connectivity index (χ0) is 11.9. The van der Waals surface area contributed by atoms with E-state index in [0.717, 1.165) is 0 Å². The van der Waals surface area contributed by atoms with Crippen molar-refractivity contribution in [3.63, 3.8) is 0 Å². The van der Waals surface area contributed by atoms with E-state index in [2.05, 4.69) is 9.47 Å². The lowest BCUT2D eigenvalue weighted by Crippen LogP contribution is -2.25. The number of rotatable bonds is 2. The summed E-state index contributed by atoms with van der Waals surface area (Å²) in [4.78, 5) is 0. The van der Waals surface area contributed by atoms with E-state index in [9.17, 15) is 13.9 Å². The molecule has 0 radical (unpaired) electrons. The molecule has 0 fully saturated rings. The van der Waals surface area contributed by atoms with Crippen molar-refractivity contribution in [2.45, 2.75) is 26.2 Å². The molecular formula is C11H12F2O3. The van der Waals surface area contributed by atoms with Gasteiger partial charge in [-0.3, -0.25) is 0 Å². The Bertz CT molecular complexity index is 404. The van der Waals surface area contributed by atoms with E-state index >= 15 is 0 Å². The zero-order valence-electron chi connectivity index (χ0n) is 8.91. The minimum Gasteiger partial charge on any atom is -0.395 e. The number of aliphatic hydroxyl groups is 1. The van der Waals surface area contributed by atoms with Crippen LogP contribution in [-0.2, 0) is 0 Å². The topological polar surface area (TPSA) is 38.7 Å². The molecule has 88 valence electrons. The van der Waals surface area contributed by atoms with Crippen LogP contribution in [-0.4, -0.2) is 11.4 Å². The van der Waals surface area contributed by atoms with Crippen LogP contribution in [0.4, 0.5) is 8.78 Å². The molecule has 1 atom stereocenters. The Labute approximate surface area is 91.6 Å². The lowest BCUT2D eigenvalue weighted by atomic mass is 9.99. The first-order valence-corrected chi connectivity index (χ1v) is 4.97. The number of fused-ring (bicyclic) bond motifs is 1. The number of halogens is 2. The molecule has 16 heavy (non-hydrogen) atoms. The summed E-state index contributed by atoms with van der Waals surface area (Å²) in [5.41, 5.74) is 0.537. The molecule has 2 rings (SSSR count). The Morgan fingerprint density at radius 2 is 1.81 bits per heavy atom. The van der Waals surface area contributed by atoms with E-state index in [1.165, 1.54) is 12.1 Å². The van der Waals surface area contributed by atoms with Gasteiger partial charge >= 0.3 is 6.29 Å². The Morgan fingerprint density at radius 3 is 2.44 bits per heavy atom. The molecule has 1 N–H and O–H groups in total. The maximum atomic E-state index is 12.7. The Hall–Kier alpha value is -1.36. The second kappa shape index (κ2) is 3.59. The van der Waals surface area contributed by atoms with Gasteiger partial charge in [0.2, 0.25) is 0 Å². The van der Waals surface area contributed by atoms with Crippen molar-refractivity contribution in [3.05, 3.63) is 23.8 Å². The van der Waals surface area contributed by atoms with Gasteiger partial charge in [-0.25, -0.2) is 0 Å².